The van der Waals surface area contributed by atoms with Crippen molar-refractivity contribution in [2.24, 2.45) is 0 Å². The van der Waals surface area contributed by atoms with Crippen LogP contribution in [0, 0.1) is 0 Å². The van der Waals surface area contributed by atoms with Crippen molar-refractivity contribution in [1.82, 2.24) is 20.4 Å². The molecule has 3 rings (SSSR count). The largest absolute Gasteiger partial charge is 0.477 e. The molecule has 0 saturated heterocycles. The topological polar surface area (TPSA) is 89.7 Å². The van der Waals surface area contributed by atoms with E-state index in [-0.39, 0.29) is 22.7 Å². The molecule has 0 aliphatic heterocycles. The molecule has 3 N–H and O–H groups in total. The number of benzene rings is 1. The summed E-state index contributed by atoms with van der Waals surface area (Å²) in [7, 11) is 0. The zero-order chi connectivity index (χ0) is 14.8. The number of pyridine rings is 1. The van der Waals surface area contributed by atoms with Crippen LogP contribution in [0.2, 0.25) is 0 Å². The van der Waals surface area contributed by atoms with Gasteiger partial charge < -0.3 is 10.5 Å². The minimum atomic E-state index is -2.70. The van der Waals surface area contributed by atoms with Crippen LogP contribution in [0.5, 0.6) is 5.75 Å². The van der Waals surface area contributed by atoms with Crippen LogP contribution >= 0.6 is 0 Å². The lowest BCUT2D eigenvalue weighted by Crippen LogP contribution is -2.16. The SMILES string of the molecule is Nc1cc(OC(c2ccccc2)C(F)F)c2n[nH]nc2n1. The first kappa shape index (κ1) is 13.2. The third-order valence-corrected chi connectivity index (χ3v) is 2.89. The molecular formula is C13H11F2N5O. The van der Waals surface area contributed by atoms with E-state index >= 15 is 0 Å². The maximum Gasteiger partial charge on any atom is 0.279 e. The zero-order valence-electron chi connectivity index (χ0n) is 10.7. The number of alkyl halides is 2. The van der Waals surface area contributed by atoms with Gasteiger partial charge in [-0.3, -0.25) is 0 Å². The fraction of sp³-hybridized carbons (Fsp3) is 0.154. The Bertz CT molecular complexity index is 747. The number of anilines is 1. The quantitative estimate of drug-likeness (QED) is 0.770. The molecule has 0 aliphatic rings. The summed E-state index contributed by atoms with van der Waals surface area (Å²) in [5.74, 6) is 0.230. The Morgan fingerprint density at radius 3 is 2.62 bits per heavy atom. The fourth-order valence-electron chi connectivity index (χ4n) is 1.96. The van der Waals surface area contributed by atoms with Crippen molar-refractivity contribution >= 4 is 17.0 Å². The van der Waals surface area contributed by atoms with Crippen LogP contribution < -0.4 is 10.5 Å². The molecule has 0 fully saturated rings. The molecule has 0 radical (unpaired) electrons. The minimum absolute atomic E-state index is 0.111. The van der Waals surface area contributed by atoms with Gasteiger partial charge in [-0.05, 0) is 5.56 Å². The van der Waals surface area contributed by atoms with Gasteiger partial charge in [0.25, 0.3) is 6.43 Å². The molecule has 108 valence electrons. The maximum absolute atomic E-state index is 13.3. The third kappa shape index (κ3) is 2.60. The van der Waals surface area contributed by atoms with Gasteiger partial charge >= 0.3 is 0 Å². The number of ether oxygens (including phenoxy) is 1. The van der Waals surface area contributed by atoms with Gasteiger partial charge in [0, 0.05) is 6.07 Å². The van der Waals surface area contributed by atoms with Crippen LogP contribution in [0.4, 0.5) is 14.6 Å². The smallest absolute Gasteiger partial charge is 0.279 e. The second kappa shape index (κ2) is 5.31. The lowest BCUT2D eigenvalue weighted by molar-refractivity contribution is 0.0112. The standard InChI is InChI=1S/C13H11F2N5O/c14-12(15)11(7-4-2-1-3-5-7)21-8-6-9(16)17-13-10(8)18-20-19-13/h1-6,11-12H,(H3,16,17,18,19,20). The molecule has 6 nitrogen and oxygen atoms in total. The van der Waals surface area contributed by atoms with Crippen molar-refractivity contribution in [3.05, 3.63) is 42.0 Å². The molecule has 21 heavy (non-hydrogen) atoms. The van der Waals surface area contributed by atoms with Gasteiger partial charge in [-0.1, -0.05) is 30.3 Å². The number of nitrogens with two attached hydrogens (primary N) is 1. The number of aromatic nitrogens is 4. The number of H-pyrrole nitrogens is 1. The molecule has 8 heteroatoms. The van der Waals surface area contributed by atoms with Crippen LogP contribution in [0.25, 0.3) is 11.2 Å². The molecule has 0 spiro atoms. The van der Waals surface area contributed by atoms with Crippen LogP contribution in [0.3, 0.4) is 0 Å². The van der Waals surface area contributed by atoms with Crippen LogP contribution in [0.15, 0.2) is 36.4 Å². The maximum atomic E-state index is 13.3. The molecule has 1 atom stereocenters. The summed E-state index contributed by atoms with van der Waals surface area (Å²) >= 11 is 0. The molecule has 0 amide bonds. The van der Waals surface area contributed by atoms with Gasteiger partial charge in [-0.25, -0.2) is 13.8 Å². The number of hydrogen-bond acceptors (Lipinski definition) is 5. The van der Waals surface area contributed by atoms with Gasteiger partial charge in [-0.15, -0.1) is 5.10 Å². The van der Waals surface area contributed by atoms with E-state index in [1.807, 2.05) is 0 Å². The Balaban J connectivity index is 2.00. The number of fused-ring (bicyclic) bond motifs is 1. The second-order valence-electron chi connectivity index (χ2n) is 4.32. The molecular weight excluding hydrogens is 280 g/mol. The predicted molar refractivity (Wildman–Crippen MR) is 71.9 cm³/mol. The number of hydrogen-bond donors (Lipinski definition) is 2. The summed E-state index contributed by atoms with van der Waals surface area (Å²) < 4.78 is 32.0. The first-order valence-electron chi connectivity index (χ1n) is 6.12. The van der Waals surface area contributed by atoms with Crippen LogP contribution in [-0.2, 0) is 0 Å². The summed E-state index contributed by atoms with van der Waals surface area (Å²) in [4.78, 5) is 3.93. The molecule has 3 aromatic rings. The van der Waals surface area contributed by atoms with E-state index in [0.717, 1.165) is 0 Å². The van der Waals surface area contributed by atoms with E-state index in [0.29, 0.717) is 5.56 Å². The van der Waals surface area contributed by atoms with Crippen molar-refractivity contribution in [1.29, 1.82) is 0 Å². The van der Waals surface area contributed by atoms with Gasteiger partial charge in [0.15, 0.2) is 17.4 Å². The molecule has 2 aromatic heterocycles. The first-order chi connectivity index (χ1) is 10.1. The van der Waals surface area contributed by atoms with Crippen LogP contribution in [-0.4, -0.2) is 26.8 Å². The van der Waals surface area contributed by atoms with E-state index in [9.17, 15) is 8.78 Å². The van der Waals surface area contributed by atoms with E-state index in [1.54, 1.807) is 30.3 Å². The summed E-state index contributed by atoms with van der Waals surface area (Å²) in [6, 6.07) is 9.57. The number of rotatable bonds is 4. The summed E-state index contributed by atoms with van der Waals surface area (Å²) in [5.41, 5.74) is 6.44. The van der Waals surface area contributed by atoms with Crippen molar-refractivity contribution in [3.63, 3.8) is 0 Å². The molecule has 0 aliphatic carbocycles. The highest BCUT2D eigenvalue weighted by Crippen LogP contribution is 2.31. The average molecular weight is 291 g/mol. The third-order valence-electron chi connectivity index (χ3n) is 2.89. The van der Waals surface area contributed by atoms with Gasteiger partial charge in [0.1, 0.15) is 5.82 Å². The summed E-state index contributed by atoms with van der Waals surface area (Å²) in [6.07, 6.45) is -4.13. The Hall–Kier alpha value is -2.77. The molecule has 1 aromatic carbocycles. The number of nitrogens with one attached hydrogen (secondary N) is 1. The molecule has 1 unspecified atom stereocenters. The summed E-state index contributed by atoms with van der Waals surface area (Å²) in [6.45, 7) is 0. The van der Waals surface area contributed by atoms with Gasteiger partial charge in [0.05, 0.1) is 0 Å². The molecule has 0 bridgehead atoms. The number of halogens is 2. The Labute approximate surface area is 117 Å². The van der Waals surface area contributed by atoms with E-state index in [4.69, 9.17) is 10.5 Å². The number of aromatic amines is 1. The Morgan fingerprint density at radius 2 is 1.90 bits per heavy atom. The van der Waals surface area contributed by atoms with Gasteiger partial charge in [0.2, 0.25) is 5.65 Å². The minimum Gasteiger partial charge on any atom is -0.477 e. The average Bonchev–Trinajstić information content (AvgIpc) is 2.93. The Kier molecular flexibility index (Phi) is 3.35. The van der Waals surface area contributed by atoms with Crippen molar-refractivity contribution in [2.75, 3.05) is 5.73 Å². The predicted octanol–water partition coefficient (Wildman–Crippen LogP) is 2.32. The highest BCUT2D eigenvalue weighted by atomic mass is 19.3. The van der Waals surface area contributed by atoms with E-state index in [1.165, 1.54) is 6.07 Å². The van der Waals surface area contributed by atoms with E-state index in [2.05, 4.69) is 20.4 Å². The van der Waals surface area contributed by atoms with E-state index < -0.39 is 12.5 Å². The number of nitrogen functional groups attached to an aromatic ring is 1. The molecule has 0 saturated carbocycles. The Morgan fingerprint density at radius 1 is 1.14 bits per heavy atom. The van der Waals surface area contributed by atoms with Crippen molar-refractivity contribution in [3.8, 4) is 5.75 Å². The van der Waals surface area contributed by atoms with Crippen molar-refractivity contribution in [2.45, 2.75) is 12.5 Å². The second-order valence-corrected chi connectivity index (χ2v) is 4.32. The van der Waals surface area contributed by atoms with Crippen molar-refractivity contribution < 1.29 is 13.5 Å². The monoisotopic (exact) mass is 291 g/mol. The summed E-state index contributed by atoms with van der Waals surface area (Å²) in [5, 5.41) is 9.97. The first-order valence-corrected chi connectivity index (χ1v) is 6.12. The van der Waals surface area contributed by atoms with Gasteiger partial charge in [-0.2, -0.15) is 10.3 Å². The molecule has 2 heterocycles. The number of nitrogens with zero attached hydrogens (tertiary/aromatic N) is 3. The normalized spacial score (nSPS) is 12.7. The highest BCUT2D eigenvalue weighted by molar-refractivity contribution is 5.78. The zero-order valence-corrected chi connectivity index (χ0v) is 10.7. The highest BCUT2D eigenvalue weighted by Gasteiger charge is 2.26. The fourth-order valence-corrected chi connectivity index (χ4v) is 1.96. The van der Waals surface area contributed by atoms with Crippen LogP contribution in [0.1, 0.15) is 11.7 Å². The lowest BCUT2D eigenvalue weighted by atomic mass is 10.1. The lowest BCUT2D eigenvalue weighted by Gasteiger charge is -2.18.